The number of benzene rings is 2. The van der Waals surface area contributed by atoms with Crippen LogP contribution in [0.1, 0.15) is 10.4 Å². The summed E-state index contributed by atoms with van der Waals surface area (Å²) in [7, 11) is 3.19. The molecule has 0 radical (unpaired) electrons. The number of anilines is 1. The molecule has 0 saturated heterocycles. The topological polar surface area (TPSA) is 60.5 Å². The fraction of sp³-hybridized carbons (Fsp3) is 0.111. The number of nitrogens with one attached hydrogen (secondary N) is 1. The summed E-state index contributed by atoms with van der Waals surface area (Å²) in [6.45, 7) is 0. The number of amides is 1. The van der Waals surface area contributed by atoms with E-state index in [0.717, 1.165) is 10.9 Å². The molecule has 23 heavy (non-hydrogen) atoms. The Kier molecular flexibility index (Phi) is 4.10. The third-order valence-electron chi connectivity index (χ3n) is 3.55. The predicted octanol–water partition coefficient (Wildman–Crippen LogP) is 3.50. The third-order valence-corrected chi connectivity index (χ3v) is 3.55. The summed E-state index contributed by atoms with van der Waals surface area (Å²) in [4.78, 5) is 16.7. The van der Waals surface area contributed by atoms with Gasteiger partial charge in [0.1, 0.15) is 11.5 Å². The maximum atomic E-state index is 12.4. The van der Waals surface area contributed by atoms with Gasteiger partial charge in [-0.15, -0.1) is 0 Å². The molecule has 1 amide bonds. The molecule has 2 aromatic carbocycles. The van der Waals surface area contributed by atoms with Crippen molar-refractivity contribution in [3.05, 3.63) is 60.3 Å². The zero-order valence-electron chi connectivity index (χ0n) is 12.9. The van der Waals surface area contributed by atoms with Crippen molar-refractivity contribution < 1.29 is 14.3 Å². The molecular weight excluding hydrogens is 292 g/mol. The Balaban J connectivity index is 1.92. The molecule has 0 fully saturated rings. The normalized spacial score (nSPS) is 10.3. The number of methoxy groups -OCH3 is 2. The van der Waals surface area contributed by atoms with Gasteiger partial charge < -0.3 is 14.8 Å². The molecule has 1 aromatic heterocycles. The summed E-state index contributed by atoms with van der Waals surface area (Å²) in [6, 6.07) is 14.3. The summed E-state index contributed by atoms with van der Waals surface area (Å²) in [6.07, 6.45) is 1.67. The maximum absolute atomic E-state index is 12.4. The molecule has 0 bridgehead atoms. The fourth-order valence-electron chi connectivity index (χ4n) is 2.30. The minimum atomic E-state index is -0.192. The second-order valence-corrected chi connectivity index (χ2v) is 4.92. The van der Waals surface area contributed by atoms with Crippen molar-refractivity contribution in [1.29, 1.82) is 0 Å². The van der Waals surface area contributed by atoms with Gasteiger partial charge in [-0.3, -0.25) is 9.78 Å². The Labute approximate surface area is 133 Å². The van der Waals surface area contributed by atoms with Crippen LogP contribution in [0.2, 0.25) is 0 Å². The summed E-state index contributed by atoms with van der Waals surface area (Å²) in [5.41, 5.74) is 2.03. The summed E-state index contributed by atoms with van der Waals surface area (Å²) < 4.78 is 10.3. The first-order valence-electron chi connectivity index (χ1n) is 7.09. The van der Waals surface area contributed by atoms with Crippen molar-refractivity contribution in [1.82, 2.24) is 4.98 Å². The lowest BCUT2D eigenvalue weighted by Crippen LogP contribution is -2.12. The molecule has 0 unspecified atom stereocenters. The van der Waals surface area contributed by atoms with Crippen LogP contribution >= 0.6 is 0 Å². The van der Waals surface area contributed by atoms with Crippen molar-refractivity contribution >= 4 is 22.5 Å². The van der Waals surface area contributed by atoms with Crippen molar-refractivity contribution in [2.75, 3.05) is 19.5 Å². The molecular formula is C18H16N2O3. The van der Waals surface area contributed by atoms with Crippen molar-refractivity contribution in [3.63, 3.8) is 0 Å². The molecule has 0 spiro atoms. The molecule has 0 aliphatic heterocycles. The fourth-order valence-corrected chi connectivity index (χ4v) is 2.30. The Morgan fingerprint density at radius 1 is 0.957 bits per heavy atom. The number of carbonyl (C=O) groups excluding carboxylic acids is 1. The van der Waals surface area contributed by atoms with Gasteiger partial charge in [0.15, 0.2) is 0 Å². The summed E-state index contributed by atoms with van der Waals surface area (Å²) in [5, 5.41) is 3.74. The monoisotopic (exact) mass is 308 g/mol. The number of rotatable bonds is 4. The Morgan fingerprint density at radius 2 is 1.65 bits per heavy atom. The van der Waals surface area contributed by atoms with Crippen LogP contribution in [0.25, 0.3) is 10.9 Å². The molecule has 3 aromatic rings. The lowest BCUT2D eigenvalue weighted by atomic mass is 10.1. The average Bonchev–Trinajstić information content (AvgIpc) is 2.61. The van der Waals surface area contributed by atoms with E-state index in [2.05, 4.69) is 10.3 Å². The summed E-state index contributed by atoms with van der Waals surface area (Å²) >= 11 is 0. The Bertz CT molecular complexity index is 845. The van der Waals surface area contributed by atoms with Gasteiger partial charge in [0.25, 0.3) is 5.91 Å². The number of carbonyl (C=O) groups is 1. The number of fused-ring (bicyclic) bond motifs is 1. The highest BCUT2D eigenvalue weighted by Crippen LogP contribution is 2.26. The lowest BCUT2D eigenvalue weighted by molar-refractivity contribution is 0.102. The van der Waals surface area contributed by atoms with Crippen LogP contribution in [-0.2, 0) is 0 Å². The van der Waals surface area contributed by atoms with Gasteiger partial charge in [-0.2, -0.15) is 0 Å². The molecule has 0 aliphatic carbocycles. The number of nitrogens with zero attached hydrogens (tertiary/aromatic N) is 1. The van der Waals surface area contributed by atoms with E-state index in [-0.39, 0.29) is 5.91 Å². The largest absolute Gasteiger partial charge is 0.497 e. The van der Waals surface area contributed by atoms with Crippen LogP contribution in [-0.4, -0.2) is 25.1 Å². The van der Waals surface area contributed by atoms with Gasteiger partial charge in [-0.1, -0.05) is 0 Å². The molecule has 3 rings (SSSR count). The first kappa shape index (κ1) is 14.8. The Morgan fingerprint density at radius 3 is 2.35 bits per heavy atom. The van der Waals surface area contributed by atoms with E-state index in [1.54, 1.807) is 50.7 Å². The quantitative estimate of drug-likeness (QED) is 0.801. The minimum absolute atomic E-state index is 0.192. The SMILES string of the molecule is COc1ccc(C(=O)Nc2ccnc3ccc(OC)cc23)cc1. The molecule has 0 atom stereocenters. The molecule has 5 nitrogen and oxygen atoms in total. The van der Waals surface area contributed by atoms with E-state index in [9.17, 15) is 4.79 Å². The van der Waals surface area contributed by atoms with Gasteiger partial charge in [0.05, 0.1) is 25.4 Å². The van der Waals surface area contributed by atoms with Crippen molar-refractivity contribution in [2.45, 2.75) is 0 Å². The first-order valence-corrected chi connectivity index (χ1v) is 7.09. The van der Waals surface area contributed by atoms with Crippen LogP contribution in [0.5, 0.6) is 11.5 Å². The van der Waals surface area contributed by atoms with Crippen LogP contribution in [0.3, 0.4) is 0 Å². The zero-order valence-corrected chi connectivity index (χ0v) is 12.9. The third kappa shape index (κ3) is 3.08. The van der Waals surface area contributed by atoms with Crippen molar-refractivity contribution in [3.8, 4) is 11.5 Å². The van der Waals surface area contributed by atoms with Crippen LogP contribution in [0.15, 0.2) is 54.7 Å². The number of aromatic nitrogens is 1. The number of hydrogen-bond donors (Lipinski definition) is 1. The van der Waals surface area contributed by atoms with Gasteiger partial charge in [-0.25, -0.2) is 0 Å². The summed E-state index contributed by atoms with van der Waals surface area (Å²) in [5.74, 6) is 1.23. The average molecular weight is 308 g/mol. The highest BCUT2D eigenvalue weighted by molar-refractivity contribution is 6.08. The standard InChI is InChI=1S/C18H16N2O3/c1-22-13-5-3-12(4-6-13)18(21)20-17-9-10-19-16-8-7-14(23-2)11-15(16)17/h3-11H,1-2H3,(H,19,20,21). The van der Waals surface area contributed by atoms with Gasteiger partial charge in [-0.05, 0) is 48.5 Å². The molecule has 5 heteroatoms. The first-order chi connectivity index (χ1) is 11.2. The second-order valence-electron chi connectivity index (χ2n) is 4.92. The highest BCUT2D eigenvalue weighted by atomic mass is 16.5. The lowest BCUT2D eigenvalue weighted by Gasteiger charge is -2.10. The molecule has 116 valence electrons. The smallest absolute Gasteiger partial charge is 0.255 e. The molecule has 0 aliphatic rings. The van der Waals surface area contributed by atoms with E-state index in [1.807, 2.05) is 18.2 Å². The highest BCUT2D eigenvalue weighted by Gasteiger charge is 2.09. The van der Waals surface area contributed by atoms with E-state index < -0.39 is 0 Å². The van der Waals surface area contributed by atoms with Crippen molar-refractivity contribution in [2.24, 2.45) is 0 Å². The van der Waals surface area contributed by atoms with E-state index in [0.29, 0.717) is 22.7 Å². The predicted molar refractivity (Wildman–Crippen MR) is 89.2 cm³/mol. The van der Waals surface area contributed by atoms with Crippen LogP contribution < -0.4 is 14.8 Å². The second kappa shape index (κ2) is 6.36. The molecule has 1 heterocycles. The van der Waals surface area contributed by atoms with Gasteiger partial charge >= 0.3 is 0 Å². The van der Waals surface area contributed by atoms with E-state index in [4.69, 9.17) is 9.47 Å². The van der Waals surface area contributed by atoms with E-state index >= 15 is 0 Å². The number of hydrogen-bond acceptors (Lipinski definition) is 4. The minimum Gasteiger partial charge on any atom is -0.497 e. The maximum Gasteiger partial charge on any atom is 0.255 e. The number of pyridine rings is 1. The Hall–Kier alpha value is -3.08. The molecule has 1 N–H and O–H groups in total. The van der Waals surface area contributed by atoms with Gasteiger partial charge in [0, 0.05) is 17.1 Å². The molecule has 0 saturated carbocycles. The number of ether oxygens (including phenoxy) is 2. The van der Waals surface area contributed by atoms with E-state index in [1.165, 1.54) is 0 Å². The zero-order chi connectivity index (χ0) is 16.2. The van der Waals surface area contributed by atoms with Crippen LogP contribution in [0.4, 0.5) is 5.69 Å². The van der Waals surface area contributed by atoms with Gasteiger partial charge in [0.2, 0.25) is 0 Å². The van der Waals surface area contributed by atoms with Crippen LogP contribution in [0, 0.1) is 0 Å².